The van der Waals surface area contributed by atoms with Gasteiger partial charge in [0.15, 0.2) is 0 Å². The van der Waals surface area contributed by atoms with E-state index in [4.69, 9.17) is 5.26 Å². The summed E-state index contributed by atoms with van der Waals surface area (Å²) in [6.07, 6.45) is 0.896. The second-order valence-electron chi connectivity index (χ2n) is 4.59. The van der Waals surface area contributed by atoms with Gasteiger partial charge in [0.1, 0.15) is 0 Å². The molecule has 0 saturated heterocycles. The maximum atomic E-state index is 9.17. The third-order valence-corrected chi connectivity index (χ3v) is 3.37. The molecule has 90 valence electrons. The molecule has 0 unspecified atom stereocenters. The lowest BCUT2D eigenvalue weighted by molar-refractivity contribution is 1.21. The zero-order valence-corrected chi connectivity index (χ0v) is 10.5. The lowest BCUT2D eigenvalue weighted by Gasteiger charge is -2.08. The second kappa shape index (κ2) is 4.96. The summed E-state index contributed by atoms with van der Waals surface area (Å²) in [5, 5.41) is 11.4. The van der Waals surface area contributed by atoms with E-state index < -0.39 is 0 Å². The largest absolute Gasteiger partial charge is 0.192 e. The Balaban J connectivity index is 2.13. The van der Waals surface area contributed by atoms with Crippen LogP contribution in [0.25, 0.3) is 10.8 Å². The molecule has 3 aromatic carbocycles. The minimum absolute atomic E-state index is 0.743. The van der Waals surface area contributed by atoms with Crippen LogP contribution >= 0.6 is 0 Å². The molecule has 0 amide bonds. The molecule has 0 radical (unpaired) electrons. The van der Waals surface area contributed by atoms with Crippen LogP contribution in [-0.2, 0) is 6.42 Å². The summed E-state index contributed by atoms with van der Waals surface area (Å²) in [5.74, 6) is 0. The van der Waals surface area contributed by atoms with Crippen molar-refractivity contribution in [1.29, 1.82) is 5.26 Å². The van der Waals surface area contributed by atoms with Crippen molar-refractivity contribution in [3.8, 4) is 6.07 Å². The lowest BCUT2D eigenvalue weighted by Crippen LogP contribution is -1.91. The van der Waals surface area contributed by atoms with Gasteiger partial charge in [-0.25, -0.2) is 0 Å². The summed E-state index contributed by atoms with van der Waals surface area (Å²) in [5.41, 5.74) is 3.30. The van der Waals surface area contributed by atoms with Crippen LogP contribution in [0.5, 0.6) is 0 Å². The number of hydrogen-bond acceptors (Lipinski definition) is 1. The van der Waals surface area contributed by atoms with Gasteiger partial charge in [0.2, 0.25) is 0 Å². The first-order valence-electron chi connectivity index (χ1n) is 6.33. The molecule has 0 aliphatic heterocycles. The number of rotatable bonds is 2. The van der Waals surface area contributed by atoms with Crippen LogP contribution in [0.3, 0.4) is 0 Å². The van der Waals surface area contributed by atoms with Gasteiger partial charge in [0, 0.05) is 0 Å². The Hall–Kier alpha value is -2.59. The molecule has 0 spiro atoms. The van der Waals surface area contributed by atoms with Gasteiger partial charge in [-0.1, -0.05) is 60.7 Å². The van der Waals surface area contributed by atoms with Gasteiger partial charge in [0.25, 0.3) is 0 Å². The molecule has 0 aliphatic carbocycles. The molecule has 0 aliphatic rings. The van der Waals surface area contributed by atoms with Gasteiger partial charge in [-0.15, -0.1) is 0 Å². The third-order valence-electron chi connectivity index (χ3n) is 3.37. The predicted molar refractivity (Wildman–Crippen MR) is 77.9 cm³/mol. The summed E-state index contributed by atoms with van der Waals surface area (Å²) in [6.45, 7) is 0. The molecule has 1 nitrogen and oxygen atoms in total. The quantitative estimate of drug-likeness (QED) is 0.658. The fourth-order valence-corrected chi connectivity index (χ4v) is 2.43. The average Bonchev–Trinajstić information content (AvgIpc) is 2.49. The summed E-state index contributed by atoms with van der Waals surface area (Å²) in [7, 11) is 0. The topological polar surface area (TPSA) is 23.8 Å². The Kier molecular flexibility index (Phi) is 3.00. The highest BCUT2D eigenvalue weighted by Crippen LogP contribution is 2.24. The predicted octanol–water partition coefficient (Wildman–Crippen LogP) is 4.30. The van der Waals surface area contributed by atoms with Gasteiger partial charge in [-0.3, -0.25) is 0 Å². The van der Waals surface area contributed by atoms with Crippen LogP contribution in [0.1, 0.15) is 16.7 Å². The van der Waals surface area contributed by atoms with E-state index in [0.717, 1.165) is 17.4 Å². The molecule has 3 rings (SSSR count). The highest BCUT2D eigenvalue weighted by Gasteiger charge is 2.05. The van der Waals surface area contributed by atoms with Crippen molar-refractivity contribution < 1.29 is 0 Å². The van der Waals surface area contributed by atoms with Crippen molar-refractivity contribution in [2.45, 2.75) is 6.42 Å². The monoisotopic (exact) mass is 243 g/mol. The van der Waals surface area contributed by atoms with Gasteiger partial charge in [-0.2, -0.15) is 5.26 Å². The fraction of sp³-hybridized carbons (Fsp3) is 0.0556. The molecule has 0 bridgehead atoms. The molecular weight excluding hydrogens is 230 g/mol. The number of fused-ring (bicyclic) bond motifs is 1. The van der Waals surface area contributed by atoms with E-state index in [-0.39, 0.29) is 0 Å². The van der Waals surface area contributed by atoms with E-state index in [0.29, 0.717) is 0 Å². The SMILES string of the molecule is N#Cc1ccc(Cc2ccccc2)c2ccccc12. The smallest absolute Gasteiger partial charge is 0.0998 e. The molecule has 0 saturated carbocycles. The maximum absolute atomic E-state index is 9.17. The summed E-state index contributed by atoms with van der Waals surface area (Å²) in [6, 6.07) is 24.8. The maximum Gasteiger partial charge on any atom is 0.0998 e. The summed E-state index contributed by atoms with van der Waals surface area (Å²) < 4.78 is 0. The van der Waals surface area contributed by atoms with Crippen molar-refractivity contribution in [2.75, 3.05) is 0 Å². The molecule has 0 fully saturated rings. The number of nitrogens with zero attached hydrogens (tertiary/aromatic N) is 1. The van der Waals surface area contributed by atoms with E-state index >= 15 is 0 Å². The standard InChI is InChI=1S/C18H13N/c19-13-16-11-10-15(12-14-6-2-1-3-7-14)17-8-4-5-9-18(16)17/h1-11H,12H2. The number of benzene rings is 3. The van der Waals surface area contributed by atoms with E-state index in [1.165, 1.54) is 16.5 Å². The lowest BCUT2D eigenvalue weighted by atomic mass is 9.96. The third kappa shape index (κ3) is 2.21. The zero-order valence-electron chi connectivity index (χ0n) is 10.5. The van der Waals surface area contributed by atoms with Crippen molar-refractivity contribution in [1.82, 2.24) is 0 Å². The number of hydrogen-bond donors (Lipinski definition) is 0. The van der Waals surface area contributed by atoms with Crippen LogP contribution in [0, 0.1) is 11.3 Å². The highest BCUT2D eigenvalue weighted by atomic mass is 14.2. The molecule has 19 heavy (non-hydrogen) atoms. The Morgan fingerprint density at radius 1 is 0.737 bits per heavy atom. The Morgan fingerprint density at radius 3 is 2.16 bits per heavy atom. The first-order chi connectivity index (χ1) is 9.38. The molecular formula is C18H13N. The van der Waals surface area contributed by atoms with Crippen LogP contribution < -0.4 is 0 Å². The van der Waals surface area contributed by atoms with E-state index in [2.05, 4.69) is 42.5 Å². The highest BCUT2D eigenvalue weighted by molar-refractivity contribution is 5.90. The van der Waals surface area contributed by atoms with Crippen LogP contribution in [0.15, 0.2) is 66.7 Å². The molecule has 0 atom stereocenters. The fourth-order valence-electron chi connectivity index (χ4n) is 2.43. The first kappa shape index (κ1) is 11.5. The van der Waals surface area contributed by atoms with Gasteiger partial charge in [-0.05, 0) is 34.4 Å². The Morgan fingerprint density at radius 2 is 1.42 bits per heavy atom. The number of nitriles is 1. The summed E-state index contributed by atoms with van der Waals surface area (Å²) in [4.78, 5) is 0. The molecule has 0 aromatic heterocycles. The van der Waals surface area contributed by atoms with Crippen molar-refractivity contribution in [3.05, 3.63) is 83.4 Å². The van der Waals surface area contributed by atoms with Crippen molar-refractivity contribution in [3.63, 3.8) is 0 Å². The van der Waals surface area contributed by atoms with Gasteiger partial charge < -0.3 is 0 Å². The second-order valence-corrected chi connectivity index (χ2v) is 4.59. The van der Waals surface area contributed by atoms with E-state index in [9.17, 15) is 0 Å². The molecule has 0 heterocycles. The minimum atomic E-state index is 0.743. The average molecular weight is 243 g/mol. The van der Waals surface area contributed by atoms with Crippen molar-refractivity contribution in [2.24, 2.45) is 0 Å². The minimum Gasteiger partial charge on any atom is -0.192 e. The zero-order chi connectivity index (χ0) is 13.1. The van der Waals surface area contributed by atoms with Crippen LogP contribution in [-0.4, -0.2) is 0 Å². The molecule has 3 aromatic rings. The van der Waals surface area contributed by atoms with E-state index in [1.807, 2.05) is 30.3 Å². The summed E-state index contributed by atoms with van der Waals surface area (Å²) >= 11 is 0. The normalized spacial score (nSPS) is 10.3. The van der Waals surface area contributed by atoms with Crippen LogP contribution in [0.4, 0.5) is 0 Å². The molecule has 1 heteroatoms. The molecule has 0 N–H and O–H groups in total. The first-order valence-corrected chi connectivity index (χ1v) is 6.33. The van der Waals surface area contributed by atoms with Gasteiger partial charge >= 0.3 is 0 Å². The van der Waals surface area contributed by atoms with Crippen LogP contribution in [0.2, 0.25) is 0 Å². The van der Waals surface area contributed by atoms with Crippen molar-refractivity contribution >= 4 is 10.8 Å². The Labute approximate surface area is 112 Å². The van der Waals surface area contributed by atoms with E-state index in [1.54, 1.807) is 0 Å². The Bertz CT molecular complexity index is 751. The van der Waals surface area contributed by atoms with Gasteiger partial charge in [0.05, 0.1) is 11.6 Å².